The van der Waals surface area contributed by atoms with E-state index in [1.165, 1.54) is 10.9 Å². The van der Waals surface area contributed by atoms with Crippen molar-refractivity contribution in [1.82, 2.24) is 9.88 Å². The van der Waals surface area contributed by atoms with Crippen LogP contribution in [0.25, 0.3) is 10.9 Å². The Labute approximate surface area is 113 Å². The van der Waals surface area contributed by atoms with Crippen molar-refractivity contribution in [3.63, 3.8) is 0 Å². The van der Waals surface area contributed by atoms with E-state index in [4.69, 9.17) is 5.11 Å². The largest absolute Gasteiger partial charge is 0.396 e. The highest BCUT2D eigenvalue weighted by molar-refractivity contribution is 5.84. The first-order chi connectivity index (χ1) is 9.13. The standard InChI is InChI=1S/C15H20N2O2/c1-11-12(7-9-17(2)15(19)8-10-18)13-5-3-4-6-14(13)16-11/h3-6,16,18H,7-10H2,1-2H3. The van der Waals surface area contributed by atoms with Gasteiger partial charge in [0, 0.05) is 36.6 Å². The van der Waals surface area contributed by atoms with Gasteiger partial charge in [-0.25, -0.2) is 0 Å². The first kappa shape index (κ1) is 13.6. The van der Waals surface area contributed by atoms with Crippen molar-refractivity contribution in [2.45, 2.75) is 19.8 Å². The zero-order chi connectivity index (χ0) is 13.8. The van der Waals surface area contributed by atoms with Gasteiger partial charge in [0.2, 0.25) is 5.91 Å². The van der Waals surface area contributed by atoms with Gasteiger partial charge in [-0.2, -0.15) is 0 Å². The molecule has 102 valence electrons. The van der Waals surface area contributed by atoms with Crippen LogP contribution in [0.15, 0.2) is 24.3 Å². The fourth-order valence-electron chi connectivity index (χ4n) is 2.35. The Morgan fingerprint density at radius 3 is 2.84 bits per heavy atom. The molecule has 0 aliphatic carbocycles. The molecule has 0 fully saturated rings. The van der Waals surface area contributed by atoms with Crippen molar-refractivity contribution in [3.05, 3.63) is 35.5 Å². The molecule has 2 rings (SSSR count). The number of aromatic nitrogens is 1. The third-order valence-corrected chi connectivity index (χ3v) is 3.48. The molecule has 1 aromatic carbocycles. The monoisotopic (exact) mass is 260 g/mol. The van der Waals surface area contributed by atoms with Crippen LogP contribution in [0.5, 0.6) is 0 Å². The smallest absolute Gasteiger partial charge is 0.224 e. The first-order valence-electron chi connectivity index (χ1n) is 6.54. The van der Waals surface area contributed by atoms with Crippen LogP contribution < -0.4 is 0 Å². The summed E-state index contributed by atoms with van der Waals surface area (Å²) in [5, 5.41) is 10.00. The zero-order valence-corrected chi connectivity index (χ0v) is 11.4. The number of aliphatic hydroxyl groups is 1. The lowest BCUT2D eigenvalue weighted by atomic mass is 10.1. The number of H-pyrrole nitrogens is 1. The number of rotatable bonds is 5. The molecule has 4 nitrogen and oxygen atoms in total. The lowest BCUT2D eigenvalue weighted by Gasteiger charge is -2.16. The van der Waals surface area contributed by atoms with Gasteiger partial charge >= 0.3 is 0 Å². The van der Waals surface area contributed by atoms with Gasteiger partial charge < -0.3 is 15.0 Å². The van der Waals surface area contributed by atoms with Crippen LogP contribution in [0.1, 0.15) is 17.7 Å². The van der Waals surface area contributed by atoms with Crippen LogP contribution in [-0.4, -0.2) is 41.1 Å². The molecule has 0 saturated carbocycles. The van der Waals surface area contributed by atoms with Crippen LogP contribution in [-0.2, 0) is 11.2 Å². The second-order valence-corrected chi connectivity index (χ2v) is 4.81. The van der Waals surface area contributed by atoms with Crippen LogP contribution in [0.3, 0.4) is 0 Å². The van der Waals surface area contributed by atoms with Gasteiger partial charge in [-0.15, -0.1) is 0 Å². The lowest BCUT2D eigenvalue weighted by Crippen LogP contribution is -2.29. The van der Waals surface area contributed by atoms with Gasteiger partial charge in [-0.3, -0.25) is 4.79 Å². The molecule has 4 heteroatoms. The van der Waals surface area contributed by atoms with E-state index in [0.29, 0.717) is 6.54 Å². The van der Waals surface area contributed by atoms with Crippen LogP contribution in [0, 0.1) is 6.92 Å². The summed E-state index contributed by atoms with van der Waals surface area (Å²) < 4.78 is 0. The minimum atomic E-state index is -0.0880. The highest BCUT2D eigenvalue weighted by Gasteiger charge is 2.11. The quantitative estimate of drug-likeness (QED) is 0.862. The summed E-state index contributed by atoms with van der Waals surface area (Å²) in [6, 6.07) is 8.20. The number of likely N-dealkylation sites (N-methyl/N-ethyl adjacent to an activating group) is 1. The van der Waals surface area contributed by atoms with Gasteiger partial charge in [0.15, 0.2) is 0 Å². The highest BCUT2D eigenvalue weighted by atomic mass is 16.3. The van der Waals surface area contributed by atoms with Crippen molar-refractivity contribution in [3.8, 4) is 0 Å². The van der Waals surface area contributed by atoms with E-state index in [0.717, 1.165) is 17.6 Å². The molecule has 0 radical (unpaired) electrons. The van der Waals surface area contributed by atoms with Crippen molar-refractivity contribution in [2.24, 2.45) is 0 Å². The minimum absolute atomic E-state index is 0.0139. The summed E-state index contributed by atoms with van der Waals surface area (Å²) in [6.45, 7) is 2.64. The maximum atomic E-state index is 11.6. The van der Waals surface area contributed by atoms with E-state index in [9.17, 15) is 4.79 Å². The van der Waals surface area contributed by atoms with E-state index >= 15 is 0 Å². The average Bonchev–Trinajstić information content (AvgIpc) is 2.72. The number of aromatic amines is 1. The Balaban J connectivity index is 2.09. The van der Waals surface area contributed by atoms with Crippen molar-refractivity contribution in [2.75, 3.05) is 20.2 Å². The maximum absolute atomic E-state index is 11.6. The molecule has 0 saturated heterocycles. The SMILES string of the molecule is Cc1[nH]c2ccccc2c1CCN(C)C(=O)CCO. The Bertz CT molecular complexity index is 575. The van der Waals surface area contributed by atoms with E-state index in [-0.39, 0.29) is 18.9 Å². The maximum Gasteiger partial charge on any atom is 0.224 e. The Morgan fingerprint density at radius 1 is 1.37 bits per heavy atom. The average molecular weight is 260 g/mol. The normalized spacial score (nSPS) is 10.9. The number of aryl methyl sites for hydroxylation is 1. The van der Waals surface area contributed by atoms with Crippen LogP contribution in [0.4, 0.5) is 0 Å². The molecule has 1 heterocycles. The fourth-order valence-corrected chi connectivity index (χ4v) is 2.35. The number of nitrogens with one attached hydrogen (secondary N) is 1. The summed E-state index contributed by atoms with van der Waals surface area (Å²) >= 11 is 0. The number of benzene rings is 1. The summed E-state index contributed by atoms with van der Waals surface area (Å²) in [5.41, 5.74) is 3.56. The van der Waals surface area contributed by atoms with Crippen molar-refractivity contribution in [1.29, 1.82) is 0 Å². The number of para-hydroxylation sites is 1. The molecular weight excluding hydrogens is 240 g/mol. The second kappa shape index (κ2) is 5.89. The number of hydrogen-bond donors (Lipinski definition) is 2. The molecule has 2 N–H and O–H groups in total. The highest BCUT2D eigenvalue weighted by Crippen LogP contribution is 2.22. The first-order valence-corrected chi connectivity index (χ1v) is 6.54. The summed E-state index contributed by atoms with van der Waals surface area (Å²) in [5.74, 6) is -0.0139. The van der Waals surface area contributed by atoms with Gasteiger partial charge in [0.1, 0.15) is 0 Å². The van der Waals surface area contributed by atoms with Gasteiger partial charge in [-0.1, -0.05) is 18.2 Å². The fraction of sp³-hybridized carbons (Fsp3) is 0.400. The van der Waals surface area contributed by atoms with Crippen LogP contribution >= 0.6 is 0 Å². The number of aliphatic hydroxyl groups excluding tert-OH is 1. The molecule has 1 amide bonds. The third kappa shape index (κ3) is 2.96. The topological polar surface area (TPSA) is 56.3 Å². The summed E-state index contributed by atoms with van der Waals surface area (Å²) in [4.78, 5) is 16.6. The molecular formula is C15H20N2O2. The number of carbonyl (C=O) groups is 1. The van der Waals surface area contributed by atoms with Crippen molar-refractivity contribution < 1.29 is 9.90 Å². The number of nitrogens with zero attached hydrogens (tertiary/aromatic N) is 1. The van der Waals surface area contributed by atoms with E-state index < -0.39 is 0 Å². The molecule has 0 spiro atoms. The summed E-state index contributed by atoms with van der Waals surface area (Å²) in [6.07, 6.45) is 1.02. The molecule has 0 atom stereocenters. The van der Waals surface area contributed by atoms with E-state index in [1.807, 2.05) is 12.1 Å². The Hall–Kier alpha value is -1.81. The summed E-state index contributed by atoms with van der Waals surface area (Å²) in [7, 11) is 1.78. The number of carbonyl (C=O) groups excluding carboxylic acids is 1. The van der Waals surface area contributed by atoms with E-state index in [1.54, 1.807) is 11.9 Å². The van der Waals surface area contributed by atoms with Crippen LogP contribution in [0.2, 0.25) is 0 Å². The number of amides is 1. The van der Waals surface area contributed by atoms with E-state index in [2.05, 4.69) is 24.0 Å². The predicted octanol–water partition coefficient (Wildman–Crippen LogP) is 1.86. The molecule has 0 aliphatic rings. The minimum Gasteiger partial charge on any atom is -0.396 e. The van der Waals surface area contributed by atoms with Gasteiger partial charge in [-0.05, 0) is 25.0 Å². The second-order valence-electron chi connectivity index (χ2n) is 4.81. The van der Waals surface area contributed by atoms with Gasteiger partial charge in [0.05, 0.1) is 6.61 Å². The molecule has 19 heavy (non-hydrogen) atoms. The zero-order valence-electron chi connectivity index (χ0n) is 11.4. The number of fused-ring (bicyclic) bond motifs is 1. The lowest BCUT2D eigenvalue weighted by molar-refractivity contribution is -0.130. The Morgan fingerprint density at radius 2 is 2.11 bits per heavy atom. The molecule has 0 aliphatic heterocycles. The van der Waals surface area contributed by atoms with Gasteiger partial charge in [0.25, 0.3) is 0 Å². The molecule has 1 aromatic heterocycles. The third-order valence-electron chi connectivity index (χ3n) is 3.48. The molecule has 2 aromatic rings. The predicted molar refractivity (Wildman–Crippen MR) is 76.1 cm³/mol. The molecule has 0 bridgehead atoms. The Kier molecular flexibility index (Phi) is 4.22. The van der Waals surface area contributed by atoms with Crippen molar-refractivity contribution >= 4 is 16.8 Å². The number of hydrogen-bond acceptors (Lipinski definition) is 2. The molecule has 0 unspecified atom stereocenters.